The summed E-state index contributed by atoms with van der Waals surface area (Å²) in [5.41, 5.74) is 0.951. The first-order valence-electron chi connectivity index (χ1n) is 7.29. The van der Waals surface area contributed by atoms with Gasteiger partial charge in [0.2, 0.25) is 5.91 Å². The van der Waals surface area contributed by atoms with E-state index in [-0.39, 0.29) is 11.9 Å². The molecule has 0 aliphatic heterocycles. The number of rotatable bonds is 8. The Hall–Kier alpha value is -1.55. The topological polar surface area (TPSA) is 52.6 Å². The van der Waals surface area contributed by atoms with Crippen LogP contribution < -0.4 is 5.32 Å². The molecule has 20 heavy (non-hydrogen) atoms. The SMILES string of the molecule is CCCCC(Nc1ccccc1)C(=O)N(C)CC(C)O. The Morgan fingerprint density at radius 2 is 2.00 bits per heavy atom. The molecule has 0 spiro atoms. The van der Waals surface area contributed by atoms with Gasteiger partial charge >= 0.3 is 0 Å². The number of nitrogens with zero attached hydrogens (tertiary/aromatic N) is 1. The highest BCUT2D eigenvalue weighted by Gasteiger charge is 2.22. The zero-order chi connectivity index (χ0) is 15.0. The Labute approximate surface area is 121 Å². The second-order valence-electron chi connectivity index (χ2n) is 5.27. The molecule has 1 aromatic carbocycles. The van der Waals surface area contributed by atoms with Gasteiger partial charge in [-0.2, -0.15) is 0 Å². The first-order valence-corrected chi connectivity index (χ1v) is 7.29. The fraction of sp³-hybridized carbons (Fsp3) is 0.562. The Kier molecular flexibility index (Phi) is 7.09. The summed E-state index contributed by atoms with van der Waals surface area (Å²) in [4.78, 5) is 14.0. The lowest BCUT2D eigenvalue weighted by Crippen LogP contribution is -2.43. The maximum Gasteiger partial charge on any atom is 0.244 e. The molecule has 0 aliphatic rings. The molecule has 4 heteroatoms. The molecular weight excluding hydrogens is 252 g/mol. The molecule has 2 unspecified atom stereocenters. The minimum atomic E-state index is -0.507. The predicted molar refractivity (Wildman–Crippen MR) is 82.7 cm³/mol. The van der Waals surface area contributed by atoms with Gasteiger partial charge in [0.1, 0.15) is 6.04 Å². The van der Waals surface area contributed by atoms with Crippen LogP contribution in [-0.4, -0.2) is 41.7 Å². The second-order valence-corrected chi connectivity index (χ2v) is 5.27. The summed E-state index contributed by atoms with van der Waals surface area (Å²) < 4.78 is 0. The predicted octanol–water partition coefficient (Wildman–Crippen LogP) is 2.50. The number of carbonyl (C=O) groups is 1. The van der Waals surface area contributed by atoms with Crippen LogP contribution >= 0.6 is 0 Å². The summed E-state index contributed by atoms with van der Waals surface area (Å²) in [6.07, 6.45) is 2.35. The van der Waals surface area contributed by atoms with Crippen molar-refractivity contribution in [3.8, 4) is 0 Å². The lowest BCUT2D eigenvalue weighted by molar-refractivity contribution is -0.132. The Morgan fingerprint density at radius 3 is 2.55 bits per heavy atom. The molecular formula is C16H26N2O2. The van der Waals surface area contributed by atoms with E-state index in [1.807, 2.05) is 30.3 Å². The summed E-state index contributed by atoms with van der Waals surface area (Å²) in [5.74, 6) is 0.0307. The lowest BCUT2D eigenvalue weighted by atomic mass is 10.1. The first-order chi connectivity index (χ1) is 9.54. The second kappa shape index (κ2) is 8.59. The molecule has 0 saturated carbocycles. The van der Waals surface area contributed by atoms with Gasteiger partial charge in [-0.25, -0.2) is 0 Å². The Morgan fingerprint density at radius 1 is 1.35 bits per heavy atom. The molecule has 4 nitrogen and oxygen atoms in total. The molecule has 1 rings (SSSR count). The molecule has 0 aromatic heterocycles. The fourth-order valence-corrected chi connectivity index (χ4v) is 2.15. The Balaban J connectivity index is 2.70. The van der Waals surface area contributed by atoms with Gasteiger partial charge in [-0.1, -0.05) is 38.0 Å². The van der Waals surface area contributed by atoms with Crippen LogP contribution in [0.2, 0.25) is 0 Å². The standard InChI is InChI=1S/C16H26N2O2/c1-4-5-11-15(16(20)18(3)12-13(2)19)17-14-9-7-6-8-10-14/h6-10,13,15,17,19H,4-5,11-12H2,1-3H3. The molecule has 0 heterocycles. The van der Waals surface area contributed by atoms with E-state index in [1.54, 1.807) is 18.9 Å². The van der Waals surface area contributed by atoms with Crippen LogP contribution in [0.3, 0.4) is 0 Å². The molecule has 2 N–H and O–H groups in total. The quantitative estimate of drug-likeness (QED) is 0.768. The van der Waals surface area contributed by atoms with Gasteiger partial charge in [0.05, 0.1) is 6.10 Å². The van der Waals surface area contributed by atoms with Crippen molar-refractivity contribution in [3.05, 3.63) is 30.3 Å². The van der Waals surface area contributed by atoms with E-state index in [1.165, 1.54) is 0 Å². The third-order valence-corrected chi connectivity index (χ3v) is 3.17. The highest BCUT2D eigenvalue weighted by molar-refractivity contribution is 5.84. The molecule has 0 fully saturated rings. The van der Waals surface area contributed by atoms with Gasteiger partial charge in [0.15, 0.2) is 0 Å². The number of likely N-dealkylation sites (N-methyl/N-ethyl adjacent to an activating group) is 1. The van der Waals surface area contributed by atoms with Gasteiger partial charge in [-0.05, 0) is 25.5 Å². The molecule has 1 amide bonds. The van der Waals surface area contributed by atoms with Crippen molar-refractivity contribution in [1.29, 1.82) is 0 Å². The van der Waals surface area contributed by atoms with E-state index in [0.29, 0.717) is 6.54 Å². The molecule has 0 radical (unpaired) electrons. The number of unbranched alkanes of at least 4 members (excludes halogenated alkanes) is 1. The highest BCUT2D eigenvalue weighted by Crippen LogP contribution is 2.13. The summed E-state index contributed by atoms with van der Waals surface area (Å²) in [7, 11) is 1.74. The van der Waals surface area contributed by atoms with E-state index in [0.717, 1.165) is 24.9 Å². The minimum absolute atomic E-state index is 0.0307. The number of anilines is 1. The zero-order valence-electron chi connectivity index (χ0n) is 12.7. The number of carbonyl (C=O) groups excluding carboxylic acids is 1. The molecule has 1 aromatic rings. The maximum atomic E-state index is 12.4. The normalized spacial score (nSPS) is 13.6. The van der Waals surface area contributed by atoms with Crippen molar-refractivity contribution in [3.63, 3.8) is 0 Å². The van der Waals surface area contributed by atoms with E-state index >= 15 is 0 Å². The van der Waals surface area contributed by atoms with Gasteiger partial charge in [-0.15, -0.1) is 0 Å². The smallest absolute Gasteiger partial charge is 0.244 e. The maximum absolute atomic E-state index is 12.4. The number of aliphatic hydroxyl groups excluding tert-OH is 1. The van der Waals surface area contributed by atoms with Gasteiger partial charge in [-0.3, -0.25) is 4.79 Å². The van der Waals surface area contributed by atoms with Crippen LogP contribution in [0.4, 0.5) is 5.69 Å². The monoisotopic (exact) mass is 278 g/mol. The van der Waals surface area contributed by atoms with Crippen molar-refractivity contribution >= 4 is 11.6 Å². The number of hydrogen-bond donors (Lipinski definition) is 2. The third-order valence-electron chi connectivity index (χ3n) is 3.17. The third kappa shape index (κ3) is 5.61. The average molecular weight is 278 g/mol. The van der Waals surface area contributed by atoms with Gasteiger partial charge < -0.3 is 15.3 Å². The van der Waals surface area contributed by atoms with E-state index in [9.17, 15) is 9.90 Å². The van der Waals surface area contributed by atoms with Crippen molar-refractivity contribution in [2.75, 3.05) is 18.9 Å². The van der Waals surface area contributed by atoms with E-state index < -0.39 is 6.10 Å². The molecule has 0 saturated heterocycles. The first kappa shape index (κ1) is 16.5. The average Bonchev–Trinajstić information content (AvgIpc) is 2.43. The number of nitrogens with one attached hydrogen (secondary N) is 1. The molecule has 0 bridgehead atoms. The largest absolute Gasteiger partial charge is 0.392 e. The summed E-state index contributed by atoms with van der Waals surface area (Å²) in [5, 5.41) is 12.7. The fourth-order valence-electron chi connectivity index (χ4n) is 2.15. The molecule has 2 atom stereocenters. The number of para-hydroxylation sites is 1. The number of benzene rings is 1. The van der Waals surface area contributed by atoms with E-state index in [2.05, 4.69) is 12.2 Å². The number of aliphatic hydroxyl groups is 1. The number of hydrogen-bond acceptors (Lipinski definition) is 3. The van der Waals surface area contributed by atoms with Crippen molar-refractivity contribution in [2.45, 2.75) is 45.3 Å². The van der Waals surface area contributed by atoms with Crippen LogP contribution in [0.15, 0.2) is 30.3 Å². The lowest BCUT2D eigenvalue weighted by Gasteiger charge is -2.26. The van der Waals surface area contributed by atoms with Crippen molar-refractivity contribution in [2.24, 2.45) is 0 Å². The van der Waals surface area contributed by atoms with Gasteiger partial charge in [0, 0.05) is 19.3 Å². The summed E-state index contributed by atoms with van der Waals surface area (Å²) >= 11 is 0. The highest BCUT2D eigenvalue weighted by atomic mass is 16.3. The summed E-state index contributed by atoms with van der Waals surface area (Å²) in [6.45, 7) is 4.16. The molecule has 0 aliphatic carbocycles. The molecule has 112 valence electrons. The van der Waals surface area contributed by atoms with Crippen LogP contribution in [0.25, 0.3) is 0 Å². The van der Waals surface area contributed by atoms with Crippen LogP contribution in [0.1, 0.15) is 33.1 Å². The van der Waals surface area contributed by atoms with Gasteiger partial charge in [0.25, 0.3) is 0 Å². The number of amides is 1. The Bertz CT molecular complexity index is 393. The van der Waals surface area contributed by atoms with E-state index in [4.69, 9.17) is 0 Å². The minimum Gasteiger partial charge on any atom is -0.392 e. The zero-order valence-corrected chi connectivity index (χ0v) is 12.7. The van der Waals surface area contributed by atoms with Crippen molar-refractivity contribution in [1.82, 2.24) is 4.90 Å². The van der Waals surface area contributed by atoms with Crippen LogP contribution in [0, 0.1) is 0 Å². The summed E-state index contributed by atoms with van der Waals surface area (Å²) in [6, 6.07) is 9.53. The van der Waals surface area contributed by atoms with Crippen molar-refractivity contribution < 1.29 is 9.90 Å². The van der Waals surface area contributed by atoms with Crippen LogP contribution in [-0.2, 0) is 4.79 Å². The van der Waals surface area contributed by atoms with Crippen LogP contribution in [0.5, 0.6) is 0 Å².